The van der Waals surface area contributed by atoms with Crippen LogP contribution in [0.3, 0.4) is 0 Å². The van der Waals surface area contributed by atoms with Crippen LogP contribution in [0.4, 0.5) is 4.39 Å². The van der Waals surface area contributed by atoms with Crippen LogP contribution >= 0.6 is 0 Å². The second kappa shape index (κ2) is 5.67. The number of hydrogen-bond donors (Lipinski definition) is 0. The highest BCUT2D eigenvalue weighted by atomic mass is 19.1. The van der Waals surface area contributed by atoms with Gasteiger partial charge in [-0.1, -0.05) is 91.0 Å². The molecular formula is C25H17F. The molecule has 4 aromatic carbocycles. The summed E-state index contributed by atoms with van der Waals surface area (Å²) in [4.78, 5) is 0. The smallest absolute Gasteiger partial charge is 0.123 e. The fraction of sp³-hybridized carbons (Fsp3) is 0.0400. The maximum Gasteiger partial charge on any atom is 0.123 e. The lowest BCUT2D eigenvalue weighted by molar-refractivity contribution is 0.620. The summed E-state index contributed by atoms with van der Waals surface area (Å²) < 4.78 is 14.3. The maximum atomic E-state index is 14.3. The Bertz CT molecular complexity index is 1050. The zero-order valence-corrected chi connectivity index (χ0v) is 14.2. The van der Waals surface area contributed by atoms with E-state index in [0.717, 1.165) is 11.1 Å². The molecule has 0 atom stereocenters. The van der Waals surface area contributed by atoms with E-state index >= 15 is 0 Å². The molecule has 0 saturated carbocycles. The summed E-state index contributed by atoms with van der Waals surface area (Å²) in [5, 5.41) is 0. The van der Waals surface area contributed by atoms with Gasteiger partial charge < -0.3 is 0 Å². The predicted molar refractivity (Wildman–Crippen MR) is 104 cm³/mol. The maximum absolute atomic E-state index is 14.3. The molecule has 0 aliphatic heterocycles. The zero-order valence-electron chi connectivity index (χ0n) is 14.2. The van der Waals surface area contributed by atoms with Gasteiger partial charge in [0.25, 0.3) is 0 Å². The lowest BCUT2D eigenvalue weighted by atomic mass is 9.68. The van der Waals surface area contributed by atoms with Crippen LogP contribution in [0.1, 0.15) is 22.3 Å². The minimum absolute atomic E-state index is 0.209. The van der Waals surface area contributed by atoms with E-state index in [1.54, 1.807) is 12.1 Å². The lowest BCUT2D eigenvalue weighted by Crippen LogP contribution is -2.28. The first kappa shape index (κ1) is 15.1. The molecule has 0 unspecified atom stereocenters. The number of rotatable bonds is 2. The van der Waals surface area contributed by atoms with E-state index in [9.17, 15) is 4.39 Å². The van der Waals surface area contributed by atoms with E-state index in [1.807, 2.05) is 12.1 Å². The van der Waals surface area contributed by atoms with Crippen LogP contribution in [0.5, 0.6) is 0 Å². The quantitative estimate of drug-likeness (QED) is 0.360. The molecule has 0 heterocycles. The fourth-order valence-electron chi connectivity index (χ4n) is 4.43. The second-order valence-corrected chi connectivity index (χ2v) is 6.72. The number of halogens is 1. The largest absolute Gasteiger partial charge is 0.207 e. The van der Waals surface area contributed by atoms with Gasteiger partial charge in [-0.05, 0) is 45.5 Å². The Hall–Kier alpha value is -3.19. The van der Waals surface area contributed by atoms with Crippen LogP contribution < -0.4 is 0 Å². The topological polar surface area (TPSA) is 0 Å². The van der Waals surface area contributed by atoms with E-state index in [4.69, 9.17) is 0 Å². The average molecular weight is 336 g/mol. The molecule has 5 rings (SSSR count). The second-order valence-electron chi connectivity index (χ2n) is 6.72. The number of benzene rings is 4. The van der Waals surface area contributed by atoms with Crippen LogP contribution in [0.25, 0.3) is 11.1 Å². The summed E-state index contributed by atoms with van der Waals surface area (Å²) in [6, 6.07) is 34.4. The van der Waals surface area contributed by atoms with Crippen molar-refractivity contribution in [3.8, 4) is 11.1 Å². The van der Waals surface area contributed by atoms with E-state index in [-0.39, 0.29) is 5.82 Å². The van der Waals surface area contributed by atoms with Crippen LogP contribution in [-0.2, 0) is 5.41 Å². The molecule has 0 aromatic heterocycles. The molecule has 0 nitrogen and oxygen atoms in total. The molecule has 4 aromatic rings. The van der Waals surface area contributed by atoms with Crippen molar-refractivity contribution in [2.45, 2.75) is 5.41 Å². The fourth-order valence-corrected chi connectivity index (χ4v) is 4.43. The molecule has 0 fully saturated rings. The molecule has 0 bridgehead atoms. The summed E-state index contributed by atoms with van der Waals surface area (Å²) in [5.74, 6) is -0.209. The zero-order chi connectivity index (χ0) is 17.6. The Morgan fingerprint density at radius 2 is 1.04 bits per heavy atom. The van der Waals surface area contributed by atoms with E-state index in [0.29, 0.717) is 0 Å². The third-order valence-electron chi connectivity index (χ3n) is 5.42. The van der Waals surface area contributed by atoms with Gasteiger partial charge >= 0.3 is 0 Å². The van der Waals surface area contributed by atoms with Gasteiger partial charge in [0.1, 0.15) is 5.82 Å². The van der Waals surface area contributed by atoms with Gasteiger partial charge in [-0.3, -0.25) is 0 Å². The van der Waals surface area contributed by atoms with Gasteiger partial charge in [-0.15, -0.1) is 0 Å². The molecule has 124 valence electrons. The van der Waals surface area contributed by atoms with Crippen LogP contribution in [-0.4, -0.2) is 0 Å². The van der Waals surface area contributed by atoms with Crippen molar-refractivity contribution in [2.24, 2.45) is 0 Å². The van der Waals surface area contributed by atoms with Crippen molar-refractivity contribution < 1.29 is 4.39 Å². The van der Waals surface area contributed by atoms with Crippen LogP contribution in [0.15, 0.2) is 103 Å². The summed E-state index contributed by atoms with van der Waals surface area (Å²) >= 11 is 0. The molecule has 0 radical (unpaired) electrons. The van der Waals surface area contributed by atoms with Crippen molar-refractivity contribution in [2.75, 3.05) is 0 Å². The molecule has 0 amide bonds. The van der Waals surface area contributed by atoms with Crippen molar-refractivity contribution in [3.63, 3.8) is 0 Å². The molecule has 1 aliphatic carbocycles. The minimum atomic E-state index is -0.503. The molecule has 0 N–H and O–H groups in total. The predicted octanol–water partition coefficient (Wildman–Crippen LogP) is 6.19. The van der Waals surface area contributed by atoms with Gasteiger partial charge in [0.05, 0.1) is 5.41 Å². The summed E-state index contributed by atoms with van der Waals surface area (Å²) in [7, 11) is 0. The van der Waals surface area contributed by atoms with Gasteiger partial charge in [-0.25, -0.2) is 4.39 Å². The van der Waals surface area contributed by atoms with Gasteiger partial charge in [-0.2, -0.15) is 0 Å². The Kier molecular flexibility index (Phi) is 3.29. The van der Waals surface area contributed by atoms with Crippen molar-refractivity contribution >= 4 is 0 Å². The monoisotopic (exact) mass is 336 g/mol. The highest BCUT2D eigenvalue weighted by Gasteiger charge is 2.45. The van der Waals surface area contributed by atoms with Crippen molar-refractivity contribution in [3.05, 3.63) is 131 Å². The van der Waals surface area contributed by atoms with E-state index in [1.165, 1.54) is 28.3 Å². The summed E-state index contributed by atoms with van der Waals surface area (Å²) in [6.45, 7) is 0. The highest BCUT2D eigenvalue weighted by molar-refractivity contribution is 5.86. The van der Waals surface area contributed by atoms with Gasteiger partial charge in [0.2, 0.25) is 0 Å². The molecule has 0 spiro atoms. The van der Waals surface area contributed by atoms with E-state index < -0.39 is 5.41 Å². The molecule has 0 saturated heterocycles. The Morgan fingerprint density at radius 1 is 0.500 bits per heavy atom. The summed E-state index contributed by atoms with van der Waals surface area (Å²) in [5.41, 5.74) is 6.46. The van der Waals surface area contributed by atoms with Gasteiger partial charge in [0, 0.05) is 0 Å². The average Bonchev–Trinajstić information content (AvgIpc) is 3.00. The van der Waals surface area contributed by atoms with Crippen molar-refractivity contribution in [1.29, 1.82) is 0 Å². The Labute approximate surface area is 152 Å². The number of fused-ring (bicyclic) bond motifs is 3. The first-order valence-corrected chi connectivity index (χ1v) is 8.83. The Balaban J connectivity index is 1.98. The van der Waals surface area contributed by atoms with Gasteiger partial charge in [0.15, 0.2) is 0 Å². The van der Waals surface area contributed by atoms with Crippen LogP contribution in [0.2, 0.25) is 0 Å². The summed E-state index contributed by atoms with van der Waals surface area (Å²) in [6.07, 6.45) is 0. The molecular weight excluding hydrogens is 319 g/mol. The third-order valence-corrected chi connectivity index (χ3v) is 5.42. The lowest BCUT2D eigenvalue weighted by Gasteiger charge is -2.33. The third kappa shape index (κ3) is 1.94. The molecule has 1 aliphatic rings. The normalized spacial score (nSPS) is 13.9. The first-order chi connectivity index (χ1) is 12.8. The first-order valence-electron chi connectivity index (χ1n) is 8.83. The van der Waals surface area contributed by atoms with Crippen LogP contribution in [0, 0.1) is 5.82 Å². The molecule has 1 heteroatoms. The van der Waals surface area contributed by atoms with E-state index in [2.05, 4.69) is 72.8 Å². The number of hydrogen-bond acceptors (Lipinski definition) is 0. The Morgan fingerprint density at radius 3 is 1.65 bits per heavy atom. The molecule has 26 heavy (non-hydrogen) atoms. The highest BCUT2D eigenvalue weighted by Crippen LogP contribution is 2.55. The van der Waals surface area contributed by atoms with Crippen molar-refractivity contribution in [1.82, 2.24) is 0 Å². The minimum Gasteiger partial charge on any atom is -0.207 e. The standard InChI is InChI=1S/C25H17F/c26-20-12-8-11-19(17-20)25(18-9-2-1-3-10-18)23-15-6-4-13-21(23)22-14-5-7-16-24(22)25/h1-17H. The SMILES string of the molecule is Fc1cccc(C2(c3ccccc3)c3ccccc3-c3ccccc32)c1.